The predicted octanol–water partition coefficient (Wildman–Crippen LogP) is 2.35. The topological polar surface area (TPSA) is 37.4 Å². The van der Waals surface area contributed by atoms with Gasteiger partial charge in [0, 0.05) is 12.5 Å². The first-order valence-corrected chi connectivity index (χ1v) is 7.26. The zero-order valence-electron chi connectivity index (χ0n) is 9.68. The predicted molar refractivity (Wildman–Crippen MR) is 66.3 cm³/mol. The van der Waals surface area contributed by atoms with E-state index in [1.165, 1.54) is 0 Å². The number of hydrogen-bond acceptors (Lipinski definition) is 2. The van der Waals surface area contributed by atoms with Gasteiger partial charge in [-0.15, -0.1) is 0 Å². The van der Waals surface area contributed by atoms with Crippen LogP contribution in [0.4, 0.5) is 5.69 Å². The Morgan fingerprint density at radius 2 is 2.06 bits per heavy atom. The van der Waals surface area contributed by atoms with E-state index in [1.807, 2.05) is 31.2 Å². The number of anilines is 1. The Morgan fingerprint density at radius 3 is 2.75 bits per heavy atom. The summed E-state index contributed by atoms with van der Waals surface area (Å²) in [6, 6.07) is 7.77. The fourth-order valence-electron chi connectivity index (χ4n) is 2.21. The first-order chi connectivity index (χ1) is 7.56. The highest BCUT2D eigenvalue weighted by Gasteiger charge is 2.32. The van der Waals surface area contributed by atoms with Crippen molar-refractivity contribution in [2.45, 2.75) is 26.2 Å². The van der Waals surface area contributed by atoms with Gasteiger partial charge in [-0.2, -0.15) is 0 Å². The average molecular weight is 239 g/mol. The van der Waals surface area contributed by atoms with E-state index >= 15 is 0 Å². The monoisotopic (exact) mass is 239 g/mol. The molecule has 0 bridgehead atoms. The maximum Gasteiger partial charge on any atom is 0.235 e. The zero-order chi connectivity index (χ0) is 11.8. The van der Waals surface area contributed by atoms with Crippen molar-refractivity contribution in [2.75, 3.05) is 16.6 Å². The Bertz CT molecular complexity index is 482. The van der Waals surface area contributed by atoms with E-state index in [9.17, 15) is 8.42 Å². The van der Waals surface area contributed by atoms with E-state index in [2.05, 4.69) is 6.92 Å². The molecule has 0 saturated heterocycles. The van der Waals surface area contributed by atoms with Crippen LogP contribution in [0.3, 0.4) is 0 Å². The van der Waals surface area contributed by atoms with Crippen LogP contribution in [0.5, 0.6) is 0 Å². The van der Waals surface area contributed by atoms with Crippen LogP contribution < -0.4 is 4.31 Å². The SMILES string of the molecule is CCCS(=O)(=O)N1CC(C)c2ccccc21. The van der Waals surface area contributed by atoms with Gasteiger partial charge in [-0.3, -0.25) is 4.31 Å². The highest BCUT2D eigenvalue weighted by Crippen LogP contribution is 2.37. The van der Waals surface area contributed by atoms with Gasteiger partial charge in [-0.25, -0.2) is 8.42 Å². The fraction of sp³-hybridized carbons (Fsp3) is 0.500. The molecule has 0 saturated carbocycles. The second kappa shape index (κ2) is 4.09. The van der Waals surface area contributed by atoms with Crippen molar-refractivity contribution >= 4 is 15.7 Å². The van der Waals surface area contributed by atoms with Crippen LogP contribution in [0.2, 0.25) is 0 Å². The normalized spacial score (nSPS) is 19.9. The Labute approximate surface area is 97.1 Å². The van der Waals surface area contributed by atoms with Crippen LogP contribution in [-0.2, 0) is 10.0 Å². The second-order valence-electron chi connectivity index (χ2n) is 4.31. The van der Waals surface area contributed by atoms with Crippen molar-refractivity contribution in [3.05, 3.63) is 29.8 Å². The Hall–Kier alpha value is -1.03. The van der Waals surface area contributed by atoms with Gasteiger partial charge in [0.15, 0.2) is 0 Å². The highest BCUT2D eigenvalue weighted by molar-refractivity contribution is 7.92. The van der Waals surface area contributed by atoms with Crippen molar-refractivity contribution in [1.82, 2.24) is 0 Å². The molecule has 0 aliphatic carbocycles. The highest BCUT2D eigenvalue weighted by atomic mass is 32.2. The Morgan fingerprint density at radius 1 is 1.38 bits per heavy atom. The average Bonchev–Trinajstić information content (AvgIpc) is 2.58. The smallest absolute Gasteiger partial charge is 0.235 e. The minimum absolute atomic E-state index is 0.230. The maximum absolute atomic E-state index is 12.1. The lowest BCUT2D eigenvalue weighted by molar-refractivity contribution is 0.589. The van der Waals surface area contributed by atoms with E-state index in [4.69, 9.17) is 0 Å². The summed E-state index contributed by atoms with van der Waals surface area (Å²) in [5, 5.41) is 0. The third kappa shape index (κ3) is 1.82. The number of nitrogens with zero attached hydrogens (tertiary/aromatic N) is 1. The molecule has 0 aromatic heterocycles. The third-order valence-electron chi connectivity index (χ3n) is 2.97. The van der Waals surface area contributed by atoms with Gasteiger partial charge in [-0.05, 0) is 18.1 Å². The molecule has 0 spiro atoms. The van der Waals surface area contributed by atoms with Crippen molar-refractivity contribution in [1.29, 1.82) is 0 Å². The van der Waals surface area contributed by atoms with Crippen molar-refractivity contribution in [3.63, 3.8) is 0 Å². The van der Waals surface area contributed by atoms with E-state index in [1.54, 1.807) is 4.31 Å². The molecule has 3 nitrogen and oxygen atoms in total. The summed E-state index contributed by atoms with van der Waals surface area (Å²) >= 11 is 0. The van der Waals surface area contributed by atoms with Gasteiger partial charge in [0.25, 0.3) is 0 Å². The number of benzene rings is 1. The molecule has 0 amide bonds. The lowest BCUT2D eigenvalue weighted by atomic mass is 10.0. The summed E-state index contributed by atoms with van der Waals surface area (Å²) in [6.07, 6.45) is 0.662. The first-order valence-electron chi connectivity index (χ1n) is 5.65. The van der Waals surface area contributed by atoms with Crippen LogP contribution in [-0.4, -0.2) is 20.7 Å². The third-order valence-corrected chi connectivity index (χ3v) is 4.92. The van der Waals surface area contributed by atoms with Crippen molar-refractivity contribution in [2.24, 2.45) is 0 Å². The Balaban J connectivity index is 2.41. The van der Waals surface area contributed by atoms with E-state index in [0.29, 0.717) is 18.9 Å². The number of sulfonamides is 1. The quantitative estimate of drug-likeness (QED) is 0.812. The molecule has 88 valence electrons. The number of hydrogen-bond donors (Lipinski definition) is 0. The van der Waals surface area contributed by atoms with Crippen LogP contribution >= 0.6 is 0 Å². The molecule has 16 heavy (non-hydrogen) atoms. The minimum atomic E-state index is -3.12. The molecule has 1 heterocycles. The van der Waals surface area contributed by atoms with E-state index < -0.39 is 10.0 Å². The van der Waals surface area contributed by atoms with Crippen molar-refractivity contribution < 1.29 is 8.42 Å². The lowest BCUT2D eigenvalue weighted by Gasteiger charge is -2.19. The number of fused-ring (bicyclic) bond motifs is 1. The molecule has 4 heteroatoms. The molecule has 1 aliphatic heterocycles. The van der Waals surface area contributed by atoms with Gasteiger partial charge in [-0.1, -0.05) is 32.0 Å². The van der Waals surface area contributed by atoms with Gasteiger partial charge in [0.05, 0.1) is 11.4 Å². The largest absolute Gasteiger partial charge is 0.269 e. The fourth-order valence-corrected chi connectivity index (χ4v) is 3.86. The summed E-state index contributed by atoms with van der Waals surface area (Å²) in [5.41, 5.74) is 2.01. The zero-order valence-corrected chi connectivity index (χ0v) is 10.5. The van der Waals surface area contributed by atoms with Gasteiger partial charge in [0.2, 0.25) is 10.0 Å². The first kappa shape index (κ1) is 11.5. The van der Waals surface area contributed by atoms with Crippen LogP contribution in [0.1, 0.15) is 31.7 Å². The molecule has 1 aliphatic rings. The molecule has 2 rings (SSSR count). The van der Waals surface area contributed by atoms with Crippen LogP contribution in [0, 0.1) is 0 Å². The molecule has 1 aromatic carbocycles. The summed E-state index contributed by atoms with van der Waals surface area (Å²) in [7, 11) is -3.12. The summed E-state index contributed by atoms with van der Waals surface area (Å²) < 4.78 is 25.7. The molecule has 1 aromatic rings. The van der Waals surface area contributed by atoms with Crippen molar-refractivity contribution in [3.8, 4) is 0 Å². The molecule has 0 N–H and O–H groups in total. The lowest BCUT2D eigenvalue weighted by Crippen LogP contribution is -2.31. The summed E-state index contributed by atoms with van der Waals surface area (Å²) in [4.78, 5) is 0. The van der Waals surface area contributed by atoms with Gasteiger partial charge >= 0.3 is 0 Å². The minimum Gasteiger partial charge on any atom is -0.269 e. The Kier molecular flexibility index (Phi) is 2.93. The van der Waals surface area contributed by atoms with Gasteiger partial charge in [0.1, 0.15) is 0 Å². The molecule has 0 radical (unpaired) electrons. The standard InChI is InChI=1S/C12H17NO2S/c1-3-8-16(14,15)13-9-10(2)11-6-4-5-7-12(11)13/h4-7,10H,3,8-9H2,1-2H3. The van der Waals surface area contributed by atoms with E-state index in [0.717, 1.165) is 11.3 Å². The molecule has 1 unspecified atom stereocenters. The molecular formula is C12H17NO2S. The number of para-hydroxylation sites is 1. The summed E-state index contributed by atoms with van der Waals surface area (Å²) in [6.45, 7) is 4.55. The number of rotatable bonds is 3. The van der Waals surface area contributed by atoms with Crippen LogP contribution in [0.15, 0.2) is 24.3 Å². The van der Waals surface area contributed by atoms with Gasteiger partial charge < -0.3 is 0 Å². The molecule has 0 fully saturated rings. The molecular weight excluding hydrogens is 222 g/mol. The second-order valence-corrected chi connectivity index (χ2v) is 6.32. The molecule has 1 atom stereocenters. The summed E-state index contributed by atoms with van der Waals surface area (Å²) in [5.74, 6) is 0.525. The maximum atomic E-state index is 12.1. The van der Waals surface area contributed by atoms with E-state index in [-0.39, 0.29) is 5.75 Å². The van der Waals surface area contributed by atoms with Crippen LogP contribution in [0.25, 0.3) is 0 Å².